The molecule has 4 heterocycles. The molecule has 1 aromatic heterocycles. The molecule has 0 spiro atoms. The zero-order valence-electron chi connectivity index (χ0n) is 25.6. The zero-order chi connectivity index (χ0) is 31.5. The van der Waals surface area contributed by atoms with E-state index in [4.69, 9.17) is 9.47 Å². The lowest BCUT2D eigenvalue weighted by Gasteiger charge is -2.34. The molecule has 45 heavy (non-hydrogen) atoms. The lowest BCUT2D eigenvalue weighted by Crippen LogP contribution is -2.50. The molecule has 2 saturated heterocycles. The van der Waals surface area contributed by atoms with Crippen LogP contribution in [-0.2, 0) is 27.9 Å². The van der Waals surface area contributed by atoms with Gasteiger partial charge in [-0.15, -0.1) is 0 Å². The van der Waals surface area contributed by atoms with Gasteiger partial charge in [-0.05, 0) is 54.7 Å². The van der Waals surface area contributed by atoms with Gasteiger partial charge in [0.2, 0.25) is 11.8 Å². The fourth-order valence-electron chi connectivity index (χ4n) is 6.39. The van der Waals surface area contributed by atoms with Crippen LogP contribution in [0.25, 0.3) is 11.1 Å². The SMILES string of the molecule is CC(=O)Nc1ccc(CN2C[C@@H]3C[C@H]2C(=O)NC[C@H]2O[C@H](CCOc4cc(-c5cnn(C)c5)ccc4C(=O)N3)CC[C@@H]2O)cc1. The first kappa shape index (κ1) is 30.8. The standard InChI is InChI=1S/C33H40N6O6/c1-20(40)36-24-6-3-21(4-7-24)17-39-19-25-14-28(39)33(43)34-16-31-29(41)10-8-26(45-31)11-12-44-30-13-22(23-15-35-38(2)18-23)5-9-27(30)32(42)37-25/h3-7,9,13,15,18,25-26,28-29,31,41H,8,10-12,14,16-17,19H2,1-2H3,(H,34,43)(H,36,40)(H,37,42)/t25-,26-,28-,29-,31+/m0/s1. The van der Waals surface area contributed by atoms with Gasteiger partial charge in [-0.3, -0.25) is 24.0 Å². The molecule has 0 saturated carbocycles. The van der Waals surface area contributed by atoms with Gasteiger partial charge < -0.3 is 30.5 Å². The number of carbonyl (C=O) groups is 3. The third-order valence-corrected chi connectivity index (χ3v) is 8.72. The van der Waals surface area contributed by atoms with Crippen molar-refractivity contribution in [3.63, 3.8) is 0 Å². The average molecular weight is 617 g/mol. The summed E-state index contributed by atoms with van der Waals surface area (Å²) in [6, 6.07) is 12.2. The maximum atomic E-state index is 13.7. The summed E-state index contributed by atoms with van der Waals surface area (Å²) in [5.74, 6) is -0.113. The maximum Gasteiger partial charge on any atom is 0.255 e. The van der Waals surface area contributed by atoms with Crippen LogP contribution in [0.15, 0.2) is 54.9 Å². The number of hydrogen-bond acceptors (Lipinski definition) is 8. The molecule has 5 atom stereocenters. The first-order valence-electron chi connectivity index (χ1n) is 15.5. The van der Waals surface area contributed by atoms with Crippen LogP contribution in [0.4, 0.5) is 5.69 Å². The molecular weight excluding hydrogens is 576 g/mol. The van der Waals surface area contributed by atoms with Crippen LogP contribution in [0, 0.1) is 0 Å². The average Bonchev–Trinajstić information content (AvgIpc) is 3.63. The smallest absolute Gasteiger partial charge is 0.255 e. The molecule has 0 aliphatic carbocycles. The number of nitrogens with zero attached hydrogens (tertiary/aromatic N) is 3. The number of amides is 3. The van der Waals surface area contributed by atoms with E-state index in [0.717, 1.165) is 16.7 Å². The molecule has 4 N–H and O–H groups in total. The molecule has 2 aromatic carbocycles. The maximum absolute atomic E-state index is 13.7. The van der Waals surface area contributed by atoms with Crippen molar-refractivity contribution in [2.75, 3.05) is 25.0 Å². The summed E-state index contributed by atoms with van der Waals surface area (Å²) < 4.78 is 14.2. The quantitative estimate of drug-likeness (QED) is 0.349. The van der Waals surface area contributed by atoms with Gasteiger partial charge in [0.15, 0.2) is 0 Å². The summed E-state index contributed by atoms with van der Waals surface area (Å²) in [5.41, 5.74) is 3.88. The highest BCUT2D eigenvalue weighted by atomic mass is 16.5. The minimum atomic E-state index is -0.669. The number of aliphatic hydroxyl groups excluding tert-OH is 1. The van der Waals surface area contributed by atoms with E-state index >= 15 is 0 Å². The monoisotopic (exact) mass is 616 g/mol. The van der Waals surface area contributed by atoms with Crippen molar-refractivity contribution >= 4 is 23.4 Å². The van der Waals surface area contributed by atoms with Crippen LogP contribution >= 0.6 is 0 Å². The minimum Gasteiger partial charge on any atom is -0.493 e. The van der Waals surface area contributed by atoms with E-state index in [-0.39, 0.29) is 36.4 Å². The Balaban J connectivity index is 1.26. The van der Waals surface area contributed by atoms with Crippen molar-refractivity contribution < 1.29 is 29.0 Å². The normalized spacial score (nSPS) is 25.9. The van der Waals surface area contributed by atoms with E-state index in [1.807, 2.05) is 49.6 Å². The van der Waals surface area contributed by atoms with Gasteiger partial charge in [0.25, 0.3) is 5.91 Å². The molecule has 0 radical (unpaired) electrons. The van der Waals surface area contributed by atoms with Crippen LogP contribution in [0.3, 0.4) is 0 Å². The number of hydrogen-bond donors (Lipinski definition) is 4. The Morgan fingerprint density at radius 2 is 1.93 bits per heavy atom. The van der Waals surface area contributed by atoms with Crippen molar-refractivity contribution in [1.82, 2.24) is 25.3 Å². The Hall–Kier alpha value is -4.26. The van der Waals surface area contributed by atoms with Crippen LogP contribution < -0.4 is 20.7 Å². The second-order valence-electron chi connectivity index (χ2n) is 12.2. The summed E-state index contributed by atoms with van der Waals surface area (Å²) in [4.78, 5) is 40.8. The molecule has 12 nitrogen and oxygen atoms in total. The number of benzene rings is 2. The third kappa shape index (κ3) is 7.35. The Labute approximate surface area is 262 Å². The molecule has 6 rings (SSSR count). The summed E-state index contributed by atoms with van der Waals surface area (Å²) in [6.45, 7) is 2.93. The van der Waals surface area contributed by atoms with E-state index < -0.39 is 18.2 Å². The Morgan fingerprint density at radius 3 is 2.69 bits per heavy atom. The number of ether oxygens (including phenoxy) is 2. The minimum absolute atomic E-state index is 0.144. The van der Waals surface area contributed by atoms with Gasteiger partial charge in [0, 0.05) is 63.5 Å². The number of aromatic nitrogens is 2. The zero-order valence-corrected chi connectivity index (χ0v) is 25.6. The van der Waals surface area contributed by atoms with E-state index in [1.54, 1.807) is 16.9 Å². The van der Waals surface area contributed by atoms with Crippen LogP contribution in [0.1, 0.15) is 48.5 Å². The number of likely N-dealkylation sites (tertiary alicyclic amines) is 1. The highest BCUT2D eigenvalue weighted by molar-refractivity contribution is 5.98. The summed E-state index contributed by atoms with van der Waals surface area (Å²) in [5, 5.41) is 23.9. The molecule has 3 aliphatic rings. The second kappa shape index (κ2) is 13.4. The highest BCUT2D eigenvalue weighted by Gasteiger charge is 2.39. The topological polar surface area (TPSA) is 147 Å². The molecule has 3 aliphatic heterocycles. The molecule has 238 valence electrons. The van der Waals surface area contributed by atoms with E-state index in [0.29, 0.717) is 62.4 Å². The van der Waals surface area contributed by atoms with Gasteiger partial charge in [-0.1, -0.05) is 18.2 Å². The fraction of sp³-hybridized carbons (Fsp3) is 0.455. The highest BCUT2D eigenvalue weighted by Crippen LogP contribution is 2.30. The van der Waals surface area contributed by atoms with Crippen LogP contribution in [0.5, 0.6) is 5.75 Å². The lowest BCUT2D eigenvalue weighted by molar-refractivity contribution is -0.133. The molecular formula is C33H40N6O6. The van der Waals surface area contributed by atoms with Gasteiger partial charge in [0.05, 0.1) is 36.6 Å². The van der Waals surface area contributed by atoms with Crippen molar-refractivity contribution in [3.05, 3.63) is 66.0 Å². The Morgan fingerprint density at radius 1 is 1.11 bits per heavy atom. The van der Waals surface area contributed by atoms with E-state index in [9.17, 15) is 19.5 Å². The summed E-state index contributed by atoms with van der Waals surface area (Å²) in [7, 11) is 1.85. The third-order valence-electron chi connectivity index (χ3n) is 8.72. The van der Waals surface area contributed by atoms with Crippen LogP contribution in [-0.4, -0.2) is 87.6 Å². The number of fused-ring (bicyclic) bond motifs is 5. The molecule has 4 bridgehead atoms. The second-order valence-corrected chi connectivity index (χ2v) is 12.2. The summed E-state index contributed by atoms with van der Waals surface area (Å²) in [6.07, 6.45) is 4.59. The lowest BCUT2D eigenvalue weighted by atomic mass is 9.99. The van der Waals surface area contributed by atoms with E-state index in [1.165, 1.54) is 6.92 Å². The van der Waals surface area contributed by atoms with E-state index in [2.05, 4.69) is 25.9 Å². The van der Waals surface area contributed by atoms with Crippen LogP contribution in [0.2, 0.25) is 0 Å². The first-order valence-corrected chi connectivity index (χ1v) is 15.5. The van der Waals surface area contributed by atoms with Crippen molar-refractivity contribution in [2.45, 2.75) is 69.5 Å². The summed E-state index contributed by atoms with van der Waals surface area (Å²) >= 11 is 0. The molecule has 3 aromatic rings. The molecule has 0 unspecified atom stereocenters. The molecule has 2 fully saturated rings. The predicted molar refractivity (Wildman–Crippen MR) is 166 cm³/mol. The van der Waals surface area contributed by atoms with Crippen molar-refractivity contribution in [1.29, 1.82) is 0 Å². The number of anilines is 1. The number of rotatable bonds is 4. The number of aliphatic hydroxyl groups is 1. The molecule has 12 heteroatoms. The van der Waals surface area contributed by atoms with Crippen molar-refractivity contribution in [2.24, 2.45) is 7.05 Å². The van der Waals surface area contributed by atoms with Gasteiger partial charge in [0.1, 0.15) is 11.9 Å². The largest absolute Gasteiger partial charge is 0.493 e. The predicted octanol–water partition coefficient (Wildman–Crippen LogP) is 2.23. The number of nitrogens with one attached hydrogen (secondary N) is 3. The fourth-order valence-corrected chi connectivity index (χ4v) is 6.39. The Kier molecular flexibility index (Phi) is 9.15. The van der Waals surface area contributed by atoms with Gasteiger partial charge in [-0.25, -0.2) is 0 Å². The van der Waals surface area contributed by atoms with Crippen molar-refractivity contribution in [3.8, 4) is 16.9 Å². The molecule has 3 amide bonds. The Bertz CT molecular complexity index is 1540. The number of aryl methyl sites for hydroxylation is 1. The number of carbonyl (C=O) groups excluding carboxylic acids is 3. The first-order chi connectivity index (χ1) is 21.7. The van der Waals surface area contributed by atoms with Gasteiger partial charge in [-0.2, -0.15) is 5.10 Å². The van der Waals surface area contributed by atoms with Gasteiger partial charge >= 0.3 is 0 Å².